The Labute approximate surface area is 154 Å². The van der Waals surface area contributed by atoms with Gasteiger partial charge in [-0.2, -0.15) is 4.98 Å². The highest BCUT2D eigenvalue weighted by Gasteiger charge is 2.27. The summed E-state index contributed by atoms with van der Waals surface area (Å²) in [6.07, 6.45) is 9.38. The first-order valence-electron chi connectivity index (χ1n) is 9.53. The number of nitrogens with zero attached hydrogens (tertiary/aromatic N) is 2. The summed E-state index contributed by atoms with van der Waals surface area (Å²) in [4.78, 5) is 27.2. The van der Waals surface area contributed by atoms with Crippen molar-refractivity contribution in [3.05, 3.63) is 11.7 Å². The van der Waals surface area contributed by atoms with Gasteiger partial charge in [-0.05, 0) is 38.3 Å². The standard InChI is InChI=1S/C19H30N2O5/c1-19(2,3)25-15(22)12-14(17-20-16(18(23)24)21-26-17)11-7-10-13-8-5-4-6-9-13/h13-14H,4-12H2,1-3H3,(H,23,24)/t14-/m1/s1. The van der Waals surface area contributed by atoms with E-state index in [-0.39, 0.29) is 30.0 Å². The van der Waals surface area contributed by atoms with Gasteiger partial charge in [-0.3, -0.25) is 4.79 Å². The molecule has 1 aromatic rings. The normalized spacial score (nSPS) is 17.0. The molecular weight excluding hydrogens is 336 g/mol. The van der Waals surface area contributed by atoms with Crippen molar-refractivity contribution in [1.29, 1.82) is 0 Å². The average molecular weight is 366 g/mol. The van der Waals surface area contributed by atoms with Crippen LogP contribution >= 0.6 is 0 Å². The lowest BCUT2D eigenvalue weighted by Gasteiger charge is -2.23. The van der Waals surface area contributed by atoms with Gasteiger partial charge in [0.1, 0.15) is 5.60 Å². The lowest BCUT2D eigenvalue weighted by atomic mass is 9.84. The molecule has 1 fully saturated rings. The molecule has 7 nitrogen and oxygen atoms in total. The van der Waals surface area contributed by atoms with Crippen LogP contribution in [0.25, 0.3) is 0 Å². The molecule has 1 aliphatic rings. The van der Waals surface area contributed by atoms with E-state index >= 15 is 0 Å². The van der Waals surface area contributed by atoms with Crippen molar-refractivity contribution in [1.82, 2.24) is 10.1 Å². The molecular formula is C19H30N2O5. The van der Waals surface area contributed by atoms with Crippen molar-refractivity contribution in [3.8, 4) is 0 Å². The summed E-state index contributed by atoms with van der Waals surface area (Å²) in [5, 5.41) is 12.5. The Hall–Kier alpha value is -1.92. The molecule has 0 radical (unpaired) electrons. The lowest BCUT2D eigenvalue weighted by molar-refractivity contribution is -0.155. The number of carbonyl (C=O) groups is 2. The number of esters is 1. The Morgan fingerprint density at radius 1 is 1.27 bits per heavy atom. The predicted octanol–water partition coefficient (Wildman–Crippen LogP) is 4.33. The summed E-state index contributed by atoms with van der Waals surface area (Å²) >= 11 is 0. The minimum Gasteiger partial charge on any atom is -0.475 e. The van der Waals surface area contributed by atoms with Crippen molar-refractivity contribution in [2.75, 3.05) is 0 Å². The van der Waals surface area contributed by atoms with Crippen LogP contribution in [0.2, 0.25) is 0 Å². The van der Waals surface area contributed by atoms with Gasteiger partial charge in [0.2, 0.25) is 5.89 Å². The molecule has 1 aromatic heterocycles. The highest BCUT2D eigenvalue weighted by atomic mass is 16.6. The maximum atomic E-state index is 12.2. The Morgan fingerprint density at radius 2 is 1.96 bits per heavy atom. The third-order valence-corrected chi connectivity index (χ3v) is 4.71. The second-order valence-corrected chi connectivity index (χ2v) is 8.18. The maximum Gasteiger partial charge on any atom is 0.377 e. The molecule has 0 aromatic carbocycles. The van der Waals surface area contributed by atoms with Crippen LogP contribution in [-0.2, 0) is 9.53 Å². The Bertz CT molecular complexity index is 599. The van der Waals surface area contributed by atoms with E-state index in [0.29, 0.717) is 6.42 Å². The third-order valence-electron chi connectivity index (χ3n) is 4.71. The molecule has 1 N–H and O–H groups in total. The van der Waals surface area contributed by atoms with E-state index in [1.54, 1.807) is 0 Å². The predicted molar refractivity (Wildman–Crippen MR) is 94.9 cm³/mol. The minimum absolute atomic E-state index is 0.114. The molecule has 0 spiro atoms. The van der Waals surface area contributed by atoms with Gasteiger partial charge >= 0.3 is 11.9 Å². The van der Waals surface area contributed by atoms with Gasteiger partial charge in [0.15, 0.2) is 0 Å². The van der Waals surface area contributed by atoms with Gasteiger partial charge in [0, 0.05) is 5.92 Å². The molecule has 1 atom stereocenters. The second kappa shape index (κ2) is 9.14. The molecule has 0 amide bonds. The fourth-order valence-electron chi connectivity index (χ4n) is 3.51. The molecule has 0 aliphatic heterocycles. The van der Waals surface area contributed by atoms with Crippen LogP contribution in [0.1, 0.15) is 101 Å². The van der Waals surface area contributed by atoms with Gasteiger partial charge in [0.25, 0.3) is 5.82 Å². The first kappa shape index (κ1) is 20.4. The molecule has 0 unspecified atom stereocenters. The van der Waals surface area contributed by atoms with Crippen LogP contribution < -0.4 is 0 Å². The molecule has 0 saturated heterocycles. The van der Waals surface area contributed by atoms with Gasteiger partial charge in [-0.25, -0.2) is 4.79 Å². The number of carboxylic acids is 1. The summed E-state index contributed by atoms with van der Waals surface area (Å²) in [5.41, 5.74) is -0.565. The summed E-state index contributed by atoms with van der Waals surface area (Å²) in [6, 6.07) is 0. The number of hydrogen-bond donors (Lipinski definition) is 1. The van der Waals surface area contributed by atoms with Gasteiger partial charge < -0.3 is 14.4 Å². The van der Waals surface area contributed by atoms with Crippen LogP contribution in [-0.4, -0.2) is 32.8 Å². The lowest BCUT2D eigenvalue weighted by Crippen LogP contribution is -2.25. The van der Waals surface area contributed by atoms with Crippen molar-refractivity contribution >= 4 is 11.9 Å². The molecule has 1 aliphatic carbocycles. The summed E-state index contributed by atoms with van der Waals surface area (Å²) in [5.74, 6) is -1.30. The van der Waals surface area contributed by atoms with Crippen LogP contribution in [0.5, 0.6) is 0 Å². The third kappa shape index (κ3) is 6.77. The number of rotatable bonds is 8. The molecule has 26 heavy (non-hydrogen) atoms. The first-order chi connectivity index (χ1) is 12.2. The highest BCUT2D eigenvalue weighted by molar-refractivity contribution is 5.82. The fraction of sp³-hybridized carbons (Fsp3) is 0.789. The number of carboxylic acid groups (broad SMARTS) is 1. The van der Waals surface area contributed by atoms with E-state index in [0.717, 1.165) is 18.8 Å². The van der Waals surface area contributed by atoms with Gasteiger partial charge in [-0.15, -0.1) is 0 Å². The van der Waals surface area contributed by atoms with E-state index in [9.17, 15) is 9.59 Å². The van der Waals surface area contributed by atoms with Crippen LogP contribution in [0.3, 0.4) is 0 Å². The van der Waals surface area contributed by atoms with E-state index in [1.807, 2.05) is 20.8 Å². The Morgan fingerprint density at radius 3 is 2.54 bits per heavy atom. The van der Waals surface area contributed by atoms with Crippen molar-refractivity contribution in [3.63, 3.8) is 0 Å². The first-order valence-corrected chi connectivity index (χ1v) is 9.53. The Kier molecular flexibility index (Phi) is 7.17. The zero-order chi connectivity index (χ0) is 19.2. The van der Waals surface area contributed by atoms with Gasteiger partial charge in [-0.1, -0.05) is 44.9 Å². The largest absolute Gasteiger partial charge is 0.475 e. The average Bonchev–Trinajstić information content (AvgIpc) is 3.03. The topological polar surface area (TPSA) is 103 Å². The molecule has 7 heteroatoms. The van der Waals surface area contributed by atoms with E-state index < -0.39 is 11.6 Å². The number of carbonyl (C=O) groups excluding carboxylic acids is 1. The summed E-state index contributed by atoms with van der Waals surface area (Å²) in [7, 11) is 0. The van der Waals surface area contributed by atoms with E-state index in [4.69, 9.17) is 14.4 Å². The molecule has 0 bridgehead atoms. The maximum absolute atomic E-state index is 12.2. The van der Waals surface area contributed by atoms with Crippen molar-refractivity contribution < 1.29 is 24.0 Å². The zero-order valence-corrected chi connectivity index (χ0v) is 16.0. The monoisotopic (exact) mass is 366 g/mol. The van der Waals surface area contributed by atoms with Crippen LogP contribution in [0.15, 0.2) is 4.52 Å². The molecule has 146 valence electrons. The Balaban J connectivity index is 1.97. The van der Waals surface area contributed by atoms with Crippen molar-refractivity contribution in [2.24, 2.45) is 5.92 Å². The van der Waals surface area contributed by atoms with E-state index in [1.165, 1.54) is 32.1 Å². The molecule has 2 rings (SSSR count). The number of aromatic carboxylic acids is 1. The second-order valence-electron chi connectivity index (χ2n) is 8.18. The van der Waals surface area contributed by atoms with Crippen molar-refractivity contribution in [2.45, 2.75) is 90.1 Å². The summed E-state index contributed by atoms with van der Waals surface area (Å²) < 4.78 is 10.5. The highest BCUT2D eigenvalue weighted by Crippen LogP contribution is 2.31. The SMILES string of the molecule is CC(C)(C)OC(=O)C[C@@H](CCCC1CCCCC1)c1nc(C(=O)O)no1. The number of hydrogen-bond acceptors (Lipinski definition) is 6. The minimum atomic E-state index is -1.24. The smallest absolute Gasteiger partial charge is 0.377 e. The number of ether oxygens (including phenoxy) is 1. The van der Waals surface area contributed by atoms with Crippen LogP contribution in [0, 0.1) is 5.92 Å². The zero-order valence-electron chi connectivity index (χ0n) is 16.0. The van der Waals surface area contributed by atoms with Crippen LogP contribution in [0.4, 0.5) is 0 Å². The fourth-order valence-corrected chi connectivity index (χ4v) is 3.51. The number of aromatic nitrogens is 2. The molecule has 1 saturated carbocycles. The quantitative estimate of drug-likeness (QED) is 0.683. The van der Waals surface area contributed by atoms with E-state index in [2.05, 4.69) is 10.1 Å². The van der Waals surface area contributed by atoms with Gasteiger partial charge in [0.05, 0.1) is 6.42 Å². The summed E-state index contributed by atoms with van der Waals surface area (Å²) in [6.45, 7) is 5.45. The molecule has 1 heterocycles.